The van der Waals surface area contributed by atoms with Crippen LogP contribution in [0.1, 0.15) is 30.7 Å². The van der Waals surface area contributed by atoms with Crippen LogP contribution >= 0.6 is 0 Å². The smallest absolute Gasteiger partial charge is 0.269 e. The fourth-order valence-corrected chi connectivity index (χ4v) is 5.20. The van der Waals surface area contributed by atoms with Gasteiger partial charge in [0.2, 0.25) is 15.9 Å². The Labute approximate surface area is 181 Å². The molecule has 1 aliphatic rings. The van der Waals surface area contributed by atoms with Crippen LogP contribution in [0, 0.1) is 29.9 Å². The van der Waals surface area contributed by atoms with Crippen molar-refractivity contribution in [3.05, 3.63) is 51.8 Å². The van der Waals surface area contributed by atoms with E-state index in [1.807, 2.05) is 24.6 Å². The first-order valence-electron chi connectivity index (χ1n) is 10.2. The second kappa shape index (κ2) is 9.56. The molecule has 10 nitrogen and oxygen atoms in total. The van der Waals surface area contributed by atoms with Crippen molar-refractivity contribution in [2.45, 2.75) is 44.6 Å². The van der Waals surface area contributed by atoms with Gasteiger partial charge in [-0.1, -0.05) is 0 Å². The highest BCUT2D eigenvalue weighted by molar-refractivity contribution is 7.89. The van der Waals surface area contributed by atoms with E-state index >= 15 is 0 Å². The summed E-state index contributed by atoms with van der Waals surface area (Å²) in [6.07, 6.45) is 1.64. The molecule has 1 aliphatic heterocycles. The molecule has 1 fully saturated rings. The Bertz CT molecular complexity index is 1040. The first-order chi connectivity index (χ1) is 14.7. The average molecular weight is 450 g/mol. The lowest BCUT2D eigenvalue weighted by molar-refractivity contribution is -0.384. The van der Waals surface area contributed by atoms with E-state index in [0.717, 1.165) is 24.4 Å². The van der Waals surface area contributed by atoms with E-state index in [1.165, 1.54) is 28.6 Å². The van der Waals surface area contributed by atoms with Crippen LogP contribution in [-0.2, 0) is 21.4 Å². The molecule has 0 radical (unpaired) electrons. The Hall–Kier alpha value is -2.79. The maximum absolute atomic E-state index is 12.8. The minimum absolute atomic E-state index is 0.0187. The second-order valence-electron chi connectivity index (χ2n) is 7.72. The van der Waals surface area contributed by atoms with Crippen LogP contribution in [0.4, 0.5) is 5.69 Å². The standard InChI is InChI=1S/C20H27N5O5S/c1-15-14-16(2)24(22-15)11-3-10-21-20(26)17-8-12-23(13-9-17)31(29,30)19-6-4-18(5-7-19)25(27)28/h4-7,14,17H,3,8-13H2,1-2H3,(H,21,26). The second-order valence-corrected chi connectivity index (χ2v) is 9.66. The fraction of sp³-hybridized carbons (Fsp3) is 0.500. The number of sulfonamides is 1. The Morgan fingerprint density at radius 2 is 1.87 bits per heavy atom. The third kappa shape index (κ3) is 5.47. The van der Waals surface area contributed by atoms with Gasteiger partial charge in [0.15, 0.2) is 0 Å². The van der Waals surface area contributed by atoms with Gasteiger partial charge in [-0.25, -0.2) is 8.42 Å². The Balaban J connectivity index is 1.46. The number of nitrogens with zero attached hydrogens (tertiary/aromatic N) is 4. The number of piperidine rings is 1. The number of hydrogen-bond acceptors (Lipinski definition) is 6. The van der Waals surface area contributed by atoms with Crippen molar-refractivity contribution in [2.75, 3.05) is 19.6 Å². The van der Waals surface area contributed by atoms with Crippen molar-refractivity contribution in [1.82, 2.24) is 19.4 Å². The number of nitro groups is 1. The summed E-state index contributed by atoms with van der Waals surface area (Å²) in [7, 11) is -3.74. The molecule has 1 saturated heterocycles. The molecule has 3 rings (SSSR count). The molecule has 2 aromatic rings. The lowest BCUT2D eigenvalue weighted by Crippen LogP contribution is -2.43. The zero-order chi connectivity index (χ0) is 22.6. The molecule has 0 aliphatic carbocycles. The number of amides is 1. The Morgan fingerprint density at radius 3 is 2.42 bits per heavy atom. The summed E-state index contributed by atoms with van der Waals surface area (Å²) in [5.74, 6) is -0.280. The van der Waals surface area contributed by atoms with E-state index in [-0.39, 0.29) is 35.5 Å². The third-order valence-corrected chi connectivity index (χ3v) is 7.37. The van der Waals surface area contributed by atoms with E-state index in [2.05, 4.69) is 10.4 Å². The van der Waals surface area contributed by atoms with Crippen LogP contribution in [0.25, 0.3) is 0 Å². The van der Waals surface area contributed by atoms with E-state index < -0.39 is 14.9 Å². The van der Waals surface area contributed by atoms with E-state index in [0.29, 0.717) is 19.4 Å². The summed E-state index contributed by atoms with van der Waals surface area (Å²) in [6, 6.07) is 6.86. The molecule has 11 heteroatoms. The maximum atomic E-state index is 12.8. The zero-order valence-electron chi connectivity index (χ0n) is 17.7. The number of aryl methyl sites for hydroxylation is 3. The number of aromatic nitrogens is 2. The lowest BCUT2D eigenvalue weighted by Gasteiger charge is -2.30. The highest BCUT2D eigenvalue weighted by Crippen LogP contribution is 2.25. The topological polar surface area (TPSA) is 127 Å². The summed E-state index contributed by atoms with van der Waals surface area (Å²) in [5, 5.41) is 18.1. The van der Waals surface area contributed by atoms with Gasteiger partial charge in [-0.3, -0.25) is 19.6 Å². The maximum Gasteiger partial charge on any atom is 0.269 e. The van der Waals surface area contributed by atoms with Gasteiger partial charge in [0.05, 0.1) is 15.5 Å². The number of carbonyl (C=O) groups is 1. The number of nitrogens with one attached hydrogen (secondary N) is 1. The molecule has 0 bridgehead atoms. The van der Waals surface area contributed by atoms with Crippen LogP contribution in [0.15, 0.2) is 35.2 Å². The summed E-state index contributed by atoms with van der Waals surface area (Å²) in [6.45, 7) is 5.69. The molecule has 0 saturated carbocycles. The van der Waals surface area contributed by atoms with Crippen molar-refractivity contribution in [1.29, 1.82) is 0 Å². The van der Waals surface area contributed by atoms with Crippen molar-refractivity contribution < 1.29 is 18.1 Å². The van der Waals surface area contributed by atoms with Gasteiger partial charge in [0, 0.05) is 49.9 Å². The number of nitro benzene ring substituents is 1. The number of benzene rings is 1. The summed E-state index contributed by atoms with van der Waals surface area (Å²) in [4.78, 5) is 22.6. The molecular formula is C20H27N5O5S. The number of hydrogen-bond donors (Lipinski definition) is 1. The third-order valence-electron chi connectivity index (χ3n) is 5.46. The largest absolute Gasteiger partial charge is 0.356 e. The molecule has 0 atom stereocenters. The van der Waals surface area contributed by atoms with Gasteiger partial charge in [-0.05, 0) is 51.3 Å². The molecule has 1 N–H and O–H groups in total. The van der Waals surface area contributed by atoms with E-state index in [4.69, 9.17) is 0 Å². The summed E-state index contributed by atoms with van der Waals surface area (Å²) >= 11 is 0. The van der Waals surface area contributed by atoms with Gasteiger partial charge in [-0.15, -0.1) is 0 Å². The monoisotopic (exact) mass is 449 g/mol. The van der Waals surface area contributed by atoms with Gasteiger partial charge >= 0.3 is 0 Å². The van der Waals surface area contributed by atoms with E-state index in [9.17, 15) is 23.3 Å². The lowest BCUT2D eigenvalue weighted by atomic mass is 9.97. The van der Waals surface area contributed by atoms with E-state index in [1.54, 1.807) is 0 Å². The van der Waals surface area contributed by atoms with Crippen molar-refractivity contribution in [2.24, 2.45) is 5.92 Å². The molecular weight excluding hydrogens is 422 g/mol. The number of non-ortho nitro benzene ring substituents is 1. The SMILES string of the molecule is Cc1cc(C)n(CCCNC(=O)C2CCN(S(=O)(=O)c3ccc([N+](=O)[O-])cc3)CC2)n1. The molecule has 1 aromatic heterocycles. The molecule has 1 aromatic carbocycles. The van der Waals surface area contributed by atoms with Crippen molar-refractivity contribution >= 4 is 21.6 Å². The predicted octanol–water partition coefficient (Wildman–Crippen LogP) is 2.02. The van der Waals surface area contributed by atoms with Crippen LogP contribution in [0.2, 0.25) is 0 Å². The fourth-order valence-electron chi connectivity index (χ4n) is 3.73. The zero-order valence-corrected chi connectivity index (χ0v) is 18.5. The average Bonchev–Trinajstić information content (AvgIpc) is 3.08. The van der Waals surface area contributed by atoms with Gasteiger partial charge in [0.25, 0.3) is 5.69 Å². The minimum Gasteiger partial charge on any atom is -0.356 e. The highest BCUT2D eigenvalue weighted by atomic mass is 32.2. The number of carbonyl (C=O) groups excluding carboxylic acids is 1. The Kier molecular flexibility index (Phi) is 7.06. The predicted molar refractivity (Wildman–Crippen MR) is 114 cm³/mol. The first kappa shape index (κ1) is 22.9. The van der Waals surface area contributed by atoms with Gasteiger partial charge < -0.3 is 5.32 Å². The van der Waals surface area contributed by atoms with Gasteiger partial charge in [-0.2, -0.15) is 9.40 Å². The van der Waals surface area contributed by atoms with Crippen molar-refractivity contribution in [3.8, 4) is 0 Å². The molecule has 1 amide bonds. The Morgan fingerprint density at radius 1 is 1.23 bits per heavy atom. The van der Waals surface area contributed by atoms with Crippen LogP contribution in [0.5, 0.6) is 0 Å². The normalized spacial score (nSPS) is 15.7. The molecule has 31 heavy (non-hydrogen) atoms. The van der Waals surface area contributed by atoms with Crippen LogP contribution in [-0.4, -0.2) is 53.0 Å². The summed E-state index contributed by atoms with van der Waals surface area (Å²) in [5.41, 5.74) is 1.90. The van der Waals surface area contributed by atoms with Crippen molar-refractivity contribution in [3.63, 3.8) is 0 Å². The van der Waals surface area contributed by atoms with Gasteiger partial charge in [0.1, 0.15) is 0 Å². The molecule has 168 valence electrons. The van der Waals surface area contributed by atoms with Crippen LogP contribution < -0.4 is 5.32 Å². The minimum atomic E-state index is -3.74. The number of rotatable bonds is 8. The molecule has 0 unspecified atom stereocenters. The molecule has 0 spiro atoms. The molecule has 2 heterocycles. The van der Waals surface area contributed by atoms with Crippen LogP contribution in [0.3, 0.4) is 0 Å². The quantitative estimate of drug-likeness (QED) is 0.373. The summed E-state index contributed by atoms with van der Waals surface area (Å²) < 4.78 is 28.8. The first-order valence-corrected chi connectivity index (χ1v) is 11.7. The highest BCUT2D eigenvalue weighted by Gasteiger charge is 2.32.